The maximum absolute atomic E-state index is 12.5. The standard InChI is InChI=1S/C39H55N3O11/c43-35(32-25-29(32)12-13-36(44)41-26-37(45)42-34(38(46)47)24-28-8-4-3-5-9-28)14-16-49-18-20-51-22-23-52-21-19-50-17-15-40-39(48)53-27-33-30-10-6-1-2-7-11-31(30)33/h3-5,8-9,29-34H,6-7,10-27H2,(H,40,48)(H,41,44)(H,42,45)(H,46,47)/t29?,30-,31+,32?,33?,34-/m0/s1. The van der Waals surface area contributed by atoms with Gasteiger partial charge in [0.1, 0.15) is 11.8 Å². The van der Waals surface area contributed by atoms with E-state index < -0.39 is 24.0 Å². The number of Topliss-reactive ketones (excluding diaryl/α,β-unsaturated/α-hetero) is 1. The predicted molar refractivity (Wildman–Crippen MR) is 193 cm³/mol. The van der Waals surface area contributed by atoms with Crippen LogP contribution in [-0.2, 0) is 49.3 Å². The van der Waals surface area contributed by atoms with Crippen LogP contribution in [0.4, 0.5) is 4.79 Å². The molecule has 14 heteroatoms. The van der Waals surface area contributed by atoms with Crippen molar-refractivity contribution in [3.05, 3.63) is 35.9 Å². The Kier molecular flexibility index (Phi) is 18.6. The van der Waals surface area contributed by atoms with Gasteiger partial charge < -0.3 is 44.7 Å². The third kappa shape index (κ3) is 16.7. The maximum atomic E-state index is 12.5. The lowest BCUT2D eigenvalue weighted by Crippen LogP contribution is -2.46. The van der Waals surface area contributed by atoms with Gasteiger partial charge >= 0.3 is 12.1 Å². The minimum atomic E-state index is -1.15. The first-order valence-electron chi connectivity index (χ1n) is 18.8. The molecule has 2 fully saturated rings. The van der Waals surface area contributed by atoms with Crippen molar-refractivity contribution in [3.63, 3.8) is 0 Å². The number of rotatable bonds is 27. The number of hydrogen-bond acceptors (Lipinski definition) is 10. The highest BCUT2D eigenvalue weighted by Crippen LogP contribution is 2.52. The zero-order chi connectivity index (χ0) is 37.7. The lowest BCUT2D eigenvalue weighted by Gasteiger charge is -2.15. The number of carboxylic acid groups (broad SMARTS) is 1. The Morgan fingerprint density at radius 3 is 2.04 bits per heavy atom. The van der Waals surface area contributed by atoms with Gasteiger partial charge in [-0.15, -0.1) is 11.8 Å². The number of nitrogens with one attached hydrogen (secondary N) is 3. The molecule has 0 aromatic heterocycles. The molecular formula is C39H55N3O11. The molecule has 0 bridgehead atoms. The summed E-state index contributed by atoms with van der Waals surface area (Å²) in [6.45, 7) is 3.59. The van der Waals surface area contributed by atoms with E-state index in [1.165, 1.54) is 0 Å². The molecule has 1 aromatic carbocycles. The minimum absolute atomic E-state index is 0.0680. The van der Waals surface area contributed by atoms with E-state index in [2.05, 4.69) is 27.8 Å². The first-order valence-corrected chi connectivity index (χ1v) is 18.8. The number of hydrogen-bond donors (Lipinski definition) is 4. The third-order valence-electron chi connectivity index (χ3n) is 9.81. The summed E-state index contributed by atoms with van der Waals surface area (Å²) in [6, 6.07) is 7.88. The van der Waals surface area contributed by atoms with Crippen molar-refractivity contribution in [2.75, 3.05) is 72.6 Å². The zero-order valence-electron chi connectivity index (χ0n) is 30.5. The Hall–Kier alpha value is -4.03. The first kappa shape index (κ1) is 41.7. The van der Waals surface area contributed by atoms with Crippen molar-refractivity contribution in [2.45, 2.75) is 63.8 Å². The summed E-state index contributed by atoms with van der Waals surface area (Å²) in [6.07, 6.45) is 5.61. The molecule has 0 aliphatic heterocycles. The van der Waals surface area contributed by atoms with Crippen molar-refractivity contribution in [1.29, 1.82) is 0 Å². The predicted octanol–water partition coefficient (Wildman–Crippen LogP) is 2.52. The fourth-order valence-electron chi connectivity index (χ4n) is 6.69. The van der Waals surface area contributed by atoms with Crippen LogP contribution in [0.5, 0.6) is 0 Å². The number of carbonyl (C=O) groups is 5. The second kappa shape index (κ2) is 23.6. The van der Waals surface area contributed by atoms with E-state index in [9.17, 15) is 29.1 Å². The molecule has 0 radical (unpaired) electrons. The van der Waals surface area contributed by atoms with Crippen molar-refractivity contribution in [1.82, 2.24) is 16.0 Å². The number of carboxylic acids is 1. The number of carbonyl (C=O) groups excluding carboxylic acids is 4. The van der Waals surface area contributed by atoms with Gasteiger partial charge in [-0.2, -0.15) is 0 Å². The topological polar surface area (TPSA) is 188 Å². The van der Waals surface area contributed by atoms with E-state index >= 15 is 0 Å². The molecule has 2 saturated carbocycles. The van der Waals surface area contributed by atoms with E-state index in [0.29, 0.717) is 96.6 Å². The van der Waals surface area contributed by atoms with Crippen LogP contribution in [0, 0.1) is 41.4 Å². The number of amides is 3. The van der Waals surface area contributed by atoms with Gasteiger partial charge in [0.05, 0.1) is 66.0 Å². The molecule has 4 rings (SSSR count). The van der Waals surface area contributed by atoms with Crippen LogP contribution < -0.4 is 16.0 Å². The fourth-order valence-corrected chi connectivity index (χ4v) is 6.69. The molecule has 0 saturated heterocycles. The van der Waals surface area contributed by atoms with E-state index in [1.54, 1.807) is 24.3 Å². The van der Waals surface area contributed by atoms with Crippen molar-refractivity contribution in [2.24, 2.45) is 29.6 Å². The summed E-state index contributed by atoms with van der Waals surface area (Å²) < 4.78 is 27.3. The lowest BCUT2D eigenvalue weighted by molar-refractivity contribution is -0.141. The van der Waals surface area contributed by atoms with Gasteiger partial charge in [0.15, 0.2) is 0 Å². The van der Waals surface area contributed by atoms with Crippen LogP contribution >= 0.6 is 0 Å². The molecule has 3 unspecified atom stereocenters. The van der Waals surface area contributed by atoms with Crippen molar-refractivity contribution in [3.8, 4) is 11.8 Å². The van der Waals surface area contributed by atoms with Crippen LogP contribution in [0.2, 0.25) is 0 Å². The van der Waals surface area contributed by atoms with Crippen LogP contribution in [-0.4, -0.2) is 113 Å². The maximum Gasteiger partial charge on any atom is 0.407 e. The third-order valence-corrected chi connectivity index (χ3v) is 9.81. The Morgan fingerprint density at radius 1 is 0.774 bits per heavy atom. The molecule has 292 valence electrons. The molecule has 3 aliphatic carbocycles. The second-order valence-electron chi connectivity index (χ2n) is 13.7. The molecule has 1 aromatic rings. The Morgan fingerprint density at radius 2 is 1.40 bits per heavy atom. The molecule has 4 N–H and O–H groups in total. The van der Waals surface area contributed by atoms with Gasteiger partial charge in [-0.3, -0.25) is 14.4 Å². The Balaban J connectivity index is 0.870. The summed E-state index contributed by atoms with van der Waals surface area (Å²) in [5, 5.41) is 17.1. The van der Waals surface area contributed by atoms with Gasteiger partial charge in [-0.25, -0.2) is 9.59 Å². The number of ketones is 1. The van der Waals surface area contributed by atoms with E-state index in [0.717, 1.165) is 37.7 Å². The SMILES string of the molecule is O=C(CCC1CC1C(=O)CCOCCOCCOCCOCCNC(=O)OCC1[C@H]2CCC#CCC[C@@H]12)NCC(=O)N[C@@H](Cc1ccccc1)C(=O)O. The van der Waals surface area contributed by atoms with E-state index in [4.69, 9.17) is 23.7 Å². The monoisotopic (exact) mass is 741 g/mol. The van der Waals surface area contributed by atoms with Gasteiger partial charge in [0, 0.05) is 44.6 Å². The zero-order valence-corrected chi connectivity index (χ0v) is 30.5. The average Bonchev–Trinajstić information content (AvgIpc) is 4.06. The summed E-state index contributed by atoms with van der Waals surface area (Å²) in [7, 11) is 0. The number of fused-ring (bicyclic) bond motifs is 1. The highest BCUT2D eigenvalue weighted by molar-refractivity contribution is 5.88. The smallest absolute Gasteiger partial charge is 0.407 e. The number of aliphatic carboxylic acids is 1. The number of ether oxygens (including phenoxy) is 5. The fraction of sp³-hybridized carbons (Fsp3) is 0.667. The highest BCUT2D eigenvalue weighted by atomic mass is 16.6. The largest absolute Gasteiger partial charge is 0.480 e. The Bertz CT molecular complexity index is 1360. The summed E-state index contributed by atoms with van der Waals surface area (Å²) in [4.78, 5) is 60.4. The van der Waals surface area contributed by atoms with E-state index in [1.807, 2.05) is 6.07 Å². The summed E-state index contributed by atoms with van der Waals surface area (Å²) in [5.74, 6) is 6.30. The first-order chi connectivity index (χ1) is 25.8. The summed E-state index contributed by atoms with van der Waals surface area (Å²) in [5.41, 5.74) is 0.778. The molecule has 14 nitrogen and oxygen atoms in total. The van der Waals surface area contributed by atoms with Crippen molar-refractivity contribution >= 4 is 29.7 Å². The molecular weight excluding hydrogens is 686 g/mol. The van der Waals surface area contributed by atoms with Crippen molar-refractivity contribution < 1.29 is 52.8 Å². The lowest BCUT2D eigenvalue weighted by atomic mass is 10.1. The van der Waals surface area contributed by atoms with E-state index in [-0.39, 0.29) is 42.9 Å². The average molecular weight is 742 g/mol. The normalized spacial score (nSPS) is 21.7. The molecule has 0 heterocycles. The van der Waals surface area contributed by atoms with Gasteiger partial charge in [0.2, 0.25) is 11.8 Å². The van der Waals surface area contributed by atoms with Gasteiger partial charge in [-0.05, 0) is 54.9 Å². The minimum Gasteiger partial charge on any atom is -0.480 e. The Labute approximate surface area is 311 Å². The molecule has 0 spiro atoms. The molecule has 6 atom stereocenters. The quantitative estimate of drug-likeness (QED) is 0.0767. The van der Waals surface area contributed by atoms with Crippen LogP contribution in [0.3, 0.4) is 0 Å². The number of benzene rings is 1. The van der Waals surface area contributed by atoms with Gasteiger partial charge in [0.25, 0.3) is 0 Å². The summed E-state index contributed by atoms with van der Waals surface area (Å²) >= 11 is 0. The van der Waals surface area contributed by atoms with Crippen LogP contribution in [0.15, 0.2) is 30.3 Å². The van der Waals surface area contributed by atoms with Gasteiger partial charge in [-0.1, -0.05) is 30.3 Å². The molecule has 3 aliphatic rings. The van der Waals surface area contributed by atoms with Crippen LogP contribution in [0.1, 0.15) is 56.9 Å². The molecule has 3 amide bonds. The number of alkyl carbamates (subject to hydrolysis) is 1. The van der Waals surface area contributed by atoms with Crippen LogP contribution in [0.25, 0.3) is 0 Å². The highest BCUT2D eigenvalue weighted by Gasteiger charge is 2.49. The second-order valence-corrected chi connectivity index (χ2v) is 13.7. The molecule has 53 heavy (non-hydrogen) atoms.